The quantitative estimate of drug-likeness (QED) is 0.820. The lowest BCUT2D eigenvalue weighted by Gasteiger charge is -2.13. The van der Waals surface area contributed by atoms with E-state index in [1.54, 1.807) is 0 Å². The highest BCUT2D eigenvalue weighted by atomic mass is 19.1. The molecule has 1 aliphatic carbocycles. The number of aliphatic hydroxyl groups excluding tert-OH is 1. The number of carbonyl (C=O) groups is 1. The molecule has 1 aromatic rings. The van der Waals surface area contributed by atoms with Crippen molar-refractivity contribution in [3.63, 3.8) is 0 Å². The Morgan fingerprint density at radius 1 is 1.53 bits per heavy atom. The fourth-order valence-electron chi connectivity index (χ4n) is 1.92. The van der Waals surface area contributed by atoms with Crippen LogP contribution in [0.3, 0.4) is 0 Å². The molecule has 1 aromatic carbocycles. The summed E-state index contributed by atoms with van der Waals surface area (Å²) in [5, 5.41) is 12.0. The van der Waals surface area contributed by atoms with E-state index in [-0.39, 0.29) is 30.4 Å². The molecule has 0 aliphatic heterocycles. The van der Waals surface area contributed by atoms with Crippen molar-refractivity contribution in [2.24, 2.45) is 5.41 Å². The maximum Gasteiger partial charge on any atom is 0.251 e. The van der Waals surface area contributed by atoms with Crippen LogP contribution in [0.2, 0.25) is 0 Å². The van der Waals surface area contributed by atoms with E-state index in [2.05, 4.69) is 5.32 Å². The molecule has 2 N–H and O–H groups in total. The number of hydrogen-bond acceptors (Lipinski definition) is 3. The number of hydrogen-bond donors (Lipinski definition) is 2. The summed E-state index contributed by atoms with van der Waals surface area (Å²) in [7, 11) is 1.48. The predicted molar refractivity (Wildman–Crippen MR) is 68.2 cm³/mol. The molecular weight excluding hydrogens is 249 g/mol. The van der Waals surface area contributed by atoms with Crippen LogP contribution in [0.5, 0.6) is 0 Å². The average Bonchev–Trinajstić information content (AvgIpc) is 3.19. The lowest BCUT2D eigenvalue weighted by Crippen LogP contribution is -2.31. The molecule has 1 saturated carbocycles. The Morgan fingerprint density at radius 2 is 2.26 bits per heavy atom. The van der Waals surface area contributed by atoms with E-state index in [4.69, 9.17) is 4.74 Å². The fourth-order valence-corrected chi connectivity index (χ4v) is 1.92. The molecule has 5 heteroatoms. The number of amides is 1. The third-order valence-corrected chi connectivity index (χ3v) is 3.52. The Kier molecular flexibility index (Phi) is 4.17. The largest absolute Gasteiger partial charge is 0.396 e. The van der Waals surface area contributed by atoms with E-state index in [0.29, 0.717) is 17.7 Å². The summed E-state index contributed by atoms with van der Waals surface area (Å²) < 4.78 is 18.3. The molecule has 1 aliphatic rings. The van der Waals surface area contributed by atoms with Crippen LogP contribution in [0.1, 0.15) is 28.8 Å². The lowest BCUT2D eigenvalue weighted by molar-refractivity contribution is 0.0935. The Morgan fingerprint density at radius 3 is 2.84 bits per heavy atom. The normalized spacial score (nSPS) is 16.2. The van der Waals surface area contributed by atoms with Gasteiger partial charge >= 0.3 is 0 Å². The monoisotopic (exact) mass is 267 g/mol. The predicted octanol–water partition coefficient (Wildman–Crippen LogP) is 1.47. The minimum atomic E-state index is -0.382. The number of aliphatic hydroxyl groups is 1. The number of benzene rings is 1. The van der Waals surface area contributed by atoms with Gasteiger partial charge in [-0.1, -0.05) is 0 Å². The van der Waals surface area contributed by atoms with Crippen LogP contribution >= 0.6 is 0 Å². The topological polar surface area (TPSA) is 58.6 Å². The zero-order valence-electron chi connectivity index (χ0n) is 10.9. The molecule has 0 bridgehead atoms. The second-order valence-electron chi connectivity index (χ2n) is 5.08. The number of nitrogens with one attached hydrogen (secondary N) is 1. The number of ether oxygens (including phenoxy) is 1. The molecule has 0 aromatic heterocycles. The van der Waals surface area contributed by atoms with Crippen molar-refractivity contribution < 1.29 is 19.0 Å². The zero-order valence-corrected chi connectivity index (χ0v) is 10.9. The minimum absolute atomic E-state index is 0.0889. The van der Waals surface area contributed by atoms with E-state index < -0.39 is 0 Å². The van der Waals surface area contributed by atoms with E-state index in [0.717, 1.165) is 12.8 Å². The van der Waals surface area contributed by atoms with Crippen molar-refractivity contribution in [3.05, 3.63) is 35.1 Å². The van der Waals surface area contributed by atoms with E-state index >= 15 is 0 Å². The summed E-state index contributed by atoms with van der Waals surface area (Å²) in [4.78, 5) is 11.9. The first-order valence-corrected chi connectivity index (χ1v) is 6.27. The molecule has 0 saturated heterocycles. The summed E-state index contributed by atoms with van der Waals surface area (Å²) in [6, 6.07) is 4.21. The highest BCUT2D eigenvalue weighted by Gasteiger charge is 2.42. The van der Waals surface area contributed by atoms with Crippen LogP contribution in [0.25, 0.3) is 0 Å². The number of halogens is 1. The molecule has 1 amide bonds. The average molecular weight is 267 g/mol. The van der Waals surface area contributed by atoms with Gasteiger partial charge in [0.05, 0.1) is 13.2 Å². The Labute approximate surface area is 111 Å². The second-order valence-corrected chi connectivity index (χ2v) is 5.08. The zero-order chi connectivity index (χ0) is 13.9. The van der Waals surface area contributed by atoms with Crippen LogP contribution in [0.15, 0.2) is 18.2 Å². The summed E-state index contributed by atoms with van der Waals surface area (Å²) in [5.41, 5.74) is 0.631. The molecule has 0 radical (unpaired) electrons. The molecular formula is C14H18FNO3. The molecule has 0 spiro atoms. The second kappa shape index (κ2) is 5.67. The van der Waals surface area contributed by atoms with Crippen molar-refractivity contribution in [2.45, 2.75) is 19.4 Å². The number of carbonyl (C=O) groups excluding carboxylic acids is 1. The summed E-state index contributed by atoms with van der Waals surface area (Å²) in [6.45, 7) is 0.679. The van der Waals surface area contributed by atoms with E-state index in [1.807, 2.05) is 0 Å². The van der Waals surface area contributed by atoms with Gasteiger partial charge in [-0.25, -0.2) is 4.39 Å². The van der Waals surface area contributed by atoms with Gasteiger partial charge in [0.1, 0.15) is 5.82 Å². The van der Waals surface area contributed by atoms with Crippen molar-refractivity contribution in [3.8, 4) is 0 Å². The Hall–Kier alpha value is -1.46. The van der Waals surface area contributed by atoms with Gasteiger partial charge < -0.3 is 15.2 Å². The molecule has 4 nitrogen and oxygen atoms in total. The number of methoxy groups -OCH3 is 1. The van der Waals surface area contributed by atoms with Gasteiger partial charge in [0, 0.05) is 30.2 Å². The highest BCUT2D eigenvalue weighted by Crippen LogP contribution is 2.44. The molecule has 1 fully saturated rings. The molecule has 0 atom stereocenters. The SMILES string of the molecule is COCc1cc(C(=O)NCC2(CO)CC2)ccc1F. The van der Waals surface area contributed by atoms with Crippen molar-refractivity contribution in [1.29, 1.82) is 0 Å². The van der Waals surface area contributed by atoms with Crippen LogP contribution in [-0.4, -0.2) is 31.3 Å². The fraction of sp³-hybridized carbons (Fsp3) is 0.500. The van der Waals surface area contributed by atoms with Crippen LogP contribution in [0, 0.1) is 11.2 Å². The van der Waals surface area contributed by atoms with Gasteiger partial charge in [-0.3, -0.25) is 4.79 Å². The number of rotatable bonds is 6. The van der Waals surface area contributed by atoms with Gasteiger partial charge in [-0.05, 0) is 31.0 Å². The Bertz CT molecular complexity index is 472. The van der Waals surface area contributed by atoms with E-state index in [1.165, 1.54) is 25.3 Å². The third kappa shape index (κ3) is 3.30. The first-order chi connectivity index (χ1) is 9.10. The maximum absolute atomic E-state index is 13.4. The van der Waals surface area contributed by atoms with Crippen molar-refractivity contribution >= 4 is 5.91 Å². The summed E-state index contributed by atoms with van der Waals surface area (Å²) >= 11 is 0. The standard InChI is InChI=1S/C14H18FNO3/c1-19-7-11-6-10(2-3-12(11)15)13(18)16-8-14(9-17)4-5-14/h2-3,6,17H,4-5,7-9H2,1H3,(H,16,18). The molecule has 104 valence electrons. The van der Waals surface area contributed by atoms with Gasteiger partial charge in [0.25, 0.3) is 5.91 Å². The van der Waals surface area contributed by atoms with E-state index in [9.17, 15) is 14.3 Å². The van der Waals surface area contributed by atoms with Gasteiger partial charge in [-0.15, -0.1) is 0 Å². The lowest BCUT2D eigenvalue weighted by atomic mass is 10.1. The third-order valence-electron chi connectivity index (χ3n) is 3.52. The summed E-state index contributed by atoms with van der Waals surface area (Å²) in [5.74, 6) is -0.635. The molecule has 0 heterocycles. The molecule has 0 unspecified atom stereocenters. The highest BCUT2D eigenvalue weighted by molar-refractivity contribution is 5.94. The van der Waals surface area contributed by atoms with Gasteiger partial charge in [0.2, 0.25) is 0 Å². The first-order valence-electron chi connectivity index (χ1n) is 6.27. The smallest absolute Gasteiger partial charge is 0.251 e. The van der Waals surface area contributed by atoms with Crippen LogP contribution in [-0.2, 0) is 11.3 Å². The molecule has 19 heavy (non-hydrogen) atoms. The van der Waals surface area contributed by atoms with Crippen molar-refractivity contribution in [1.82, 2.24) is 5.32 Å². The minimum Gasteiger partial charge on any atom is -0.396 e. The molecule has 2 rings (SSSR count). The van der Waals surface area contributed by atoms with Gasteiger partial charge in [0.15, 0.2) is 0 Å². The van der Waals surface area contributed by atoms with Gasteiger partial charge in [-0.2, -0.15) is 0 Å². The van der Waals surface area contributed by atoms with Crippen LogP contribution < -0.4 is 5.32 Å². The van der Waals surface area contributed by atoms with Crippen LogP contribution in [0.4, 0.5) is 4.39 Å². The summed E-state index contributed by atoms with van der Waals surface area (Å²) in [6.07, 6.45) is 1.87. The first kappa shape index (κ1) is 14.0. The maximum atomic E-state index is 13.4. The Balaban J connectivity index is 2.00. The van der Waals surface area contributed by atoms with Crippen molar-refractivity contribution in [2.75, 3.05) is 20.3 Å².